The summed E-state index contributed by atoms with van der Waals surface area (Å²) in [5.74, 6) is 0.477. The summed E-state index contributed by atoms with van der Waals surface area (Å²) in [6.45, 7) is 0. The van der Waals surface area contributed by atoms with Crippen LogP contribution in [0.3, 0.4) is 0 Å². The van der Waals surface area contributed by atoms with Gasteiger partial charge in [0.05, 0.1) is 0 Å². The van der Waals surface area contributed by atoms with Crippen molar-refractivity contribution in [1.82, 2.24) is 0 Å². The quantitative estimate of drug-likeness (QED) is 0.642. The molecule has 3 heteroatoms. The van der Waals surface area contributed by atoms with Crippen molar-refractivity contribution in [3.05, 3.63) is 58.1 Å². The second kappa shape index (κ2) is 5.09. The SMILES string of the molecule is ClCc1ccc(Cl)c(-c2cccc(Cl)c2)c1. The van der Waals surface area contributed by atoms with Gasteiger partial charge < -0.3 is 0 Å². The minimum absolute atomic E-state index is 0.477. The first-order valence-corrected chi connectivity index (χ1v) is 6.10. The van der Waals surface area contributed by atoms with Gasteiger partial charge in [0.2, 0.25) is 0 Å². The zero-order valence-electron chi connectivity index (χ0n) is 8.38. The van der Waals surface area contributed by atoms with Crippen LogP contribution in [0.4, 0.5) is 0 Å². The third kappa shape index (κ3) is 2.52. The molecule has 16 heavy (non-hydrogen) atoms. The van der Waals surface area contributed by atoms with Crippen LogP contribution in [0.1, 0.15) is 5.56 Å². The maximum atomic E-state index is 6.15. The van der Waals surface area contributed by atoms with Gasteiger partial charge in [0.15, 0.2) is 0 Å². The van der Waals surface area contributed by atoms with Crippen molar-refractivity contribution in [3.8, 4) is 11.1 Å². The van der Waals surface area contributed by atoms with E-state index in [1.165, 1.54) is 0 Å². The standard InChI is InChI=1S/C13H9Cl3/c14-8-9-4-5-13(16)12(6-9)10-2-1-3-11(15)7-10/h1-7H,8H2. The lowest BCUT2D eigenvalue weighted by molar-refractivity contribution is 1.40. The van der Waals surface area contributed by atoms with Crippen LogP contribution in [0.15, 0.2) is 42.5 Å². The number of alkyl halides is 1. The molecule has 0 saturated heterocycles. The summed E-state index contributed by atoms with van der Waals surface area (Å²) in [6.07, 6.45) is 0. The molecule has 2 rings (SSSR count). The van der Waals surface area contributed by atoms with Crippen LogP contribution >= 0.6 is 34.8 Å². The summed E-state index contributed by atoms with van der Waals surface area (Å²) in [5, 5.41) is 1.40. The van der Waals surface area contributed by atoms with Crippen molar-refractivity contribution in [2.24, 2.45) is 0 Å². The number of hydrogen-bond donors (Lipinski definition) is 0. The zero-order chi connectivity index (χ0) is 11.5. The predicted octanol–water partition coefficient (Wildman–Crippen LogP) is 5.40. The van der Waals surface area contributed by atoms with Gasteiger partial charge in [0.1, 0.15) is 0 Å². The molecule has 0 radical (unpaired) electrons. The lowest BCUT2D eigenvalue weighted by Gasteiger charge is -2.06. The first-order valence-electron chi connectivity index (χ1n) is 4.81. The van der Waals surface area contributed by atoms with Gasteiger partial charge in [-0.05, 0) is 35.4 Å². The molecule has 0 unspecified atom stereocenters. The van der Waals surface area contributed by atoms with Crippen LogP contribution in [0.5, 0.6) is 0 Å². The third-order valence-electron chi connectivity index (χ3n) is 2.32. The normalized spacial score (nSPS) is 10.4. The highest BCUT2D eigenvalue weighted by Crippen LogP contribution is 2.30. The van der Waals surface area contributed by atoms with Crippen molar-refractivity contribution in [1.29, 1.82) is 0 Å². The topological polar surface area (TPSA) is 0 Å². The van der Waals surface area contributed by atoms with E-state index >= 15 is 0 Å². The second-order valence-electron chi connectivity index (χ2n) is 3.46. The van der Waals surface area contributed by atoms with Gasteiger partial charge in [-0.3, -0.25) is 0 Å². The molecule has 0 N–H and O–H groups in total. The van der Waals surface area contributed by atoms with Gasteiger partial charge in [-0.25, -0.2) is 0 Å². The average Bonchev–Trinajstić information content (AvgIpc) is 2.30. The summed E-state index contributed by atoms with van der Waals surface area (Å²) < 4.78 is 0. The Balaban J connectivity index is 2.54. The molecule has 82 valence electrons. The van der Waals surface area contributed by atoms with E-state index < -0.39 is 0 Å². The fourth-order valence-electron chi connectivity index (χ4n) is 1.53. The molecular weight excluding hydrogens is 263 g/mol. The van der Waals surface area contributed by atoms with E-state index in [1.54, 1.807) is 0 Å². The van der Waals surface area contributed by atoms with Gasteiger partial charge in [0, 0.05) is 21.5 Å². The molecular formula is C13H9Cl3. The first-order chi connectivity index (χ1) is 7.70. The Bertz CT molecular complexity index is 506. The van der Waals surface area contributed by atoms with Gasteiger partial charge in [0.25, 0.3) is 0 Å². The van der Waals surface area contributed by atoms with Crippen LogP contribution in [0.25, 0.3) is 11.1 Å². The molecule has 0 nitrogen and oxygen atoms in total. The van der Waals surface area contributed by atoms with E-state index in [0.29, 0.717) is 15.9 Å². The fourth-order valence-corrected chi connectivity index (χ4v) is 2.12. The monoisotopic (exact) mass is 270 g/mol. The molecule has 0 aliphatic heterocycles. The molecule has 0 aliphatic rings. The molecule has 0 bridgehead atoms. The van der Waals surface area contributed by atoms with Crippen molar-refractivity contribution in [2.75, 3.05) is 0 Å². The molecule has 0 aliphatic carbocycles. The second-order valence-corrected chi connectivity index (χ2v) is 4.57. The Morgan fingerprint density at radius 3 is 2.44 bits per heavy atom. The number of hydrogen-bond acceptors (Lipinski definition) is 0. The summed E-state index contributed by atoms with van der Waals surface area (Å²) in [6, 6.07) is 13.4. The maximum Gasteiger partial charge on any atom is 0.0484 e. The Kier molecular flexibility index (Phi) is 3.75. The highest BCUT2D eigenvalue weighted by Gasteiger charge is 2.05. The summed E-state index contributed by atoms with van der Waals surface area (Å²) >= 11 is 17.9. The van der Waals surface area contributed by atoms with E-state index in [1.807, 2.05) is 42.5 Å². The highest BCUT2D eigenvalue weighted by molar-refractivity contribution is 6.34. The van der Waals surface area contributed by atoms with E-state index in [2.05, 4.69) is 0 Å². The molecule has 0 heterocycles. The molecule has 0 spiro atoms. The average molecular weight is 272 g/mol. The fraction of sp³-hybridized carbons (Fsp3) is 0.0769. The molecule has 0 saturated carbocycles. The Morgan fingerprint density at radius 1 is 0.938 bits per heavy atom. The number of benzene rings is 2. The van der Waals surface area contributed by atoms with E-state index in [-0.39, 0.29) is 0 Å². The molecule has 2 aromatic carbocycles. The van der Waals surface area contributed by atoms with Crippen molar-refractivity contribution in [3.63, 3.8) is 0 Å². The van der Waals surface area contributed by atoms with Crippen molar-refractivity contribution < 1.29 is 0 Å². The lowest BCUT2D eigenvalue weighted by atomic mass is 10.0. The number of rotatable bonds is 2. The smallest absolute Gasteiger partial charge is 0.0484 e. The molecule has 0 aromatic heterocycles. The Labute approximate surface area is 110 Å². The molecule has 0 fully saturated rings. The Hall–Kier alpha value is -0.690. The Morgan fingerprint density at radius 2 is 1.75 bits per heavy atom. The summed E-state index contributed by atoms with van der Waals surface area (Å²) in [7, 11) is 0. The third-order valence-corrected chi connectivity index (χ3v) is 3.19. The minimum Gasteiger partial charge on any atom is -0.122 e. The van der Waals surface area contributed by atoms with Gasteiger partial charge in [-0.2, -0.15) is 0 Å². The molecule has 0 atom stereocenters. The number of halogens is 3. The van der Waals surface area contributed by atoms with E-state index in [4.69, 9.17) is 34.8 Å². The summed E-state index contributed by atoms with van der Waals surface area (Å²) in [4.78, 5) is 0. The minimum atomic E-state index is 0.477. The molecule has 0 amide bonds. The van der Waals surface area contributed by atoms with Gasteiger partial charge in [-0.1, -0.05) is 41.4 Å². The molecule has 2 aromatic rings. The predicted molar refractivity (Wildman–Crippen MR) is 71.5 cm³/mol. The summed E-state index contributed by atoms with van der Waals surface area (Å²) in [5.41, 5.74) is 3.01. The van der Waals surface area contributed by atoms with E-state index in [0.717, 1.165) is 16.7 Å². The van der Waals surface area contributed by atoms with Crippen molar-refractivity contribution >= 4 is 34.8 Å². The van der Waals surface area contributed by atoms with Crippen LogP contribution in [0.2, 0.25) is 10.0 Å². The van der Waals surface area contributed by atoms with Crippen LogP contribution in [0, 0.1) is 0 Å². The van der Waals surface area contributed by atoms with Crippen molar-refractivity contribution in [2.45, 2.75) is 5.88 Å². The first kappa shape index (κ1) is 11.8. The van der Waals surface area contributed by atoms with Crippen LogP contribution in [-0.4, -0.2) is 0 Å². The van der Waals surface area contributed by atoms with Gasteiger partial charge in [-0.15, -0.1) is 11.6 Å². The van der Waals surface area contributed by atoms with Gasteiger partial charge >= 0.3 is 0 Å². The largest absolute Gasteiger partial charge is 0.122 e. The highest BCUT2D eigenvalue weighted by atomic mass is 35.5. The lowest BCUT2D eigenvalue weighted by Crippen LogP contribution is -1.83. The van der Waals surface area contributed by atoms with E-state index in [9.17, 15) is 0 Å². The maximum absolute atomic E-state index is 6.15. The zero-order valence-corrected chi connectivity index (χ0v) is 10.7. The van der Waals surface area contributed by atoms with Crippen LogP contribution in [-0.2, 0) is 5.88 Å². The van der Waals surface area contributed by atoms with Crippen LogP contribution < -0.4 is 0 Å².